The highest BCUT2D eigenvalue weighted by Crippen LogP contribution is 2.19. The number of rotatable bonds is 4. The van der Waals surface area contributed by atoms with Crippen molar-refractivity contribution < 1.29 is 9.63 Å². The summed E-state index contributed by atoms with van der Waals surface area (Å²) in [6.07, 6.45) is -0.0548. The van der Waals surface area contributed by atoms with Crippen LogP contribution < -0.4 is 5.32 Å². The van der Waals surface area contributed by atoms with Gasteiger partial charge in [-0.05, 0) is 41.5 Å². The van der Waals surface area contributed by atoms with E-state index in [9.17, 15) is 4.79 Å². The predicted octanol–water partition coefficient (Wildman–Crippen LogP) is 1.71. The molecule has 1 N–H and O–H groups in total. The zero-order valence-corrected chi connectivity index (χ0v) is 13.2. The number of oxime groups is 1. The SMILES string of the molecule is Cc1nnnn1-c1cccc(NC(=O)C2CC(C(C)C)=NO2)c1. The largest absolute Gasteiger partial charge is 0.382 e. The number of tetrazole rings is 1. The zero-order chi connectivity index (χ0) is 16.4. The molecule has 2 heterocycles. The Morgan fingerprint density at radius 3 is 2.91 bits per heavy atom. The molecule has 23 heavy (non-hydrogen) atoms. The Labute approximate surface area is 133 Å². The minimum atomic E-state index is -0.578. The molecule has 1 aromatic heterocycles. The van der Waals surface area contributed by atoms with Crippen molar-refractivity contribution in [2.45, 2.75) is 33.3 Å². The van der Waals surface area contributed by atoms with Gasteiger partial charge in [-0.2, -0.15) is 4.68 Å². The summed E-state index contributed by atoms with van der Waals surface area (Å²) in [5, 5.41) is 18.2. The number of aromatic nitrogens is 4. The lowest BCUT2D eigenvalue weighted by Gasteiger charge is -2.11. The van der Waals surface area contributed by atoms with Gasteiger partial charge in [0, 0.05) is 12.1 Å². The molecule has 0 saturated heterocycles. The van der Waals surface area contributed by atoms with Gasteiger partial charge < -0.3 is 10.2 Å². The molecule has 1 amide bonds. The Morgan fingerprint density at radius 1 is 1.43 bits per heavy atom. The van der Waals surface area contributed by atoms with Crippen molar-refractivity contribution in [2.75, 3.05) is 5.32 Å². The van der Waals surface area contributed by atoms with Crippen LogP contribution in [-0.2, 0) is 9.63 Å². The number of amides is 1. The number of carbonyl (C=O) groups is 1. The monoisotopic (exact) mass is 314 g/mol. The molecule has 0 saturated carbocycles. The molecule has 8 heteroatoms. The third kappa shape index (κ3) is 3.20. The average Bonchev–Trinajstić information content (AvgIpc) is 3.16. The molecule has 3 rings (SSSR count). The van der Waals surface area contributed by atoms with Gasteiger partial charge in [-0.25, -0.2) is 0 Å². The lowest BCUT2D eigenvalue weighted by atomic mass is 10.0. The number of anilines is 1. The van der Waals surface area contributed by atoms with Crippen LogP contribution in [0.4, 0.5) is 5.69 Å². The van der Waals surface area contributed by atoms with Gasteiger partial charge in [0.15, 0.2) is 5.82 Å². The zero-order valence-electron chi connectivity index (χ0n) is 13.2. The number of nitrogens with zero attached hydrogens (tertiary/aromatic N) is 5. The Morgan fingerprint density at radius 2 is 2.26 bits per heavy atom. The molecule has 0 aliphatic carbocycles. The number of carbonyl (C=O) groups excluding carboxylic acids is 1. The van der Waals surface area contributed by atoms with Crippen LogP contribution in [0.5, 0.6) is 0 Å². The predicted molar refractivity (Wildman–Crippen MR) is 84.3 cm³/mol. The fourth-order valence-electron chi connectivity index (χ4n) is 2.29. The number of nitrogens with one attached hydrogen (secondary N) is 1. The van der Waals surface area contributed by atoms with Crippen molar-refractivity contribution >= 4 is 17.3 Å². The van der Waals surface area contributed by atoms with E-state index in [0.717, 1.165) is 11.4 Å². The van der Waals surface area contributed by atoms with E-state index >= 15 is 0 Å². The van der Waals surface area contributed by atoms with Crippen LogP contribution in [0, 0.1) is 12.8 Å². The quantitative estimate of drug-likeness (QED) is 0.927. The highest BCUT2D eigenvalue weighted by Gasteiger charge is 2.29. The molecule has 1 aromatic carbocycles. The van der Waals surface area contributed by atoms with Crippen LogP contribution >= 0.6 is 0 Å². The minimum absolute atomic E-state index is 0.213. The highest BCUT2D eigenvalue weighted by atomic mass is 16.6. The first-order chi connectivity index (χ1) is 11.0. The lowest BCUT2D eigenvalue weighted by molar-refractivity contribution is -0.125. The van der Waals surface area contributed by atoms with Crippen LogP contribution in [0.2, 0.25) is 0 Å². The van der Waals surface area contributed by atoms with Gasteiger partial charge in [0.2, 0.25) is 6.10 Å². The maximum absolute atomic E-state index is 12.3. The van der Waals surface area contributed by atoms with Crippen LogP contribution in [0.3, 0.4) is 0 Å². The third-order valence-corrected chi connectivity index (χ3v) is 3.63. The molecule has 1 unspecified atom stereocenters. The molecule has 0 fully saturated rings. The van der Waals surface area contributed by atoms with Crippen molar-refractivity contribution in [3.8, 4) is 5.69 Å². The van der Waals surface area contributed by atoms with Gasteiger partial charge in [0.25, 0.3) is 5.91 Å². The third-order valence-electron chi connectivity index (χ3n) is 3.63. The molecule has 8 nitrogen and oxygen atoms in total. The second-order valence-corrected chi connectivity index (χ2v) is 5.71. The molecule has 1 aliphatic rings. The molecule has 1 aliphatic heterocycles. The van der Waals surface area contributed by atoms with E-state index in [-0.39, 0.29) is 11.8 Å². The molecule has 2 aromatic rings. The molecule has 0 radical (unpaired) electrons. The number of hydrogen-bond donors (Lipinski definition) is 1. The molecular weight excluding hydrogens is 296 g/mol. The second kappa shape index (κ2) is 6.15. The van der Waals surface area contributed by atoms with Gasteiger partial charge in [-0.1, -0.05) is 25.1 Å². The van der Waals surface area contributed by atoms with E-state index < -0.39 is 6.10 Å². The first-order valence-electron chi connectivity index (χ1n) is 7.43. The Hall–Kier alpha value is -2.77. The molecular formula is C15H18N6O2. The Bertz CT molecular complexity index is 752. The highest BCUT2D eigenvalue weighted by molar-refractivity contribution is 5.99. The Kier molecular flexibility index (Phi) is 4.05. The summed E-state index contributed by atoms with van der Waals surface area (Å²) in [5.41, 5.74) is 2.34. The smallest absolute Gasteiger partial charge is 0.268 e. The maximum Gasteiger partial charge on any atom is 0.268 e. The fourth-order valence-corrected chi connectivity index (χ4v) is 2.29. The van der Waals surface area contributed by atoms with Gasteiger partial charge >= 0.3 is 0 Å². The molecule has 1 atom stereocenters. The van der Waals surface area contributed by atoms with Crippen LogP contribution in [-0.4, -0.2) is 37.9 Å². The second-order valence-electron chi connectivity index (χ2n) is 5.71. The van der Waals surface area contributed by atoms with Crippen LogP contribution in [0.15, 0.2) is 29.4 Å². The first-order valence-corrected chi connectivity index (χ1v) is 7.43. The summed E-state index contributed by atoms with van der Waals surface area (Å²) in [5.74, 6) is 0.733. The molecule has 0 bridgehead atoms. The van der Waals surface area contributed by atoms with Crippen LogP contribution in [0.1, 0.15) is 26.1 Å². The van der Waals surface area contributed by atoms with Crippen molar-refractivity contribution in [1.29, 1.82) is 0 Å². The topological polar surface area (TPSA) is 94.3 Å². The van der Waals surface area contributed by atoms with E-state index in [0.29, 0.717) is 17.9 Å². The lowest BCUT2D eigenvalue weighted by Crippen LogP contribution is -2.28. The summed E-state index contributed by atoms with van der Waals surface area (Å²) >= 11 is 0. The van der Waals surface area contributed by atoms with Crippen molar-refractivity contribution in [1.82, 2.24) is 20.2 Å². The standard InChI is InChI=1S/C15H18N6O2/c1-9(2)13-8-14(23-18-13)15(22)16-11-5-4-6-12(7-11)21-10(3)17-19-20-21/h4-7,9,14H,8H2,1-3H3,(H,16,22). The van der Waals surface area contributed by atoms with E-state index in [1.165, 1.54) is 0 Å². The summed E-state index contributed by atoms with van der Waals surface area (Å²) in [4.78, 5) is 17.5. The van der Waals surface area contributed by atoms with Crippen molar-refractivity contribution in [3.05, 3.63) is 30.1 Å². The van der Waals surface area contributed by atoms with Crippen LogP contribution in [0.25, 0.3) is 5.69 Å². The van der Waals surface area contributed by atoms with Gasteiger partial charge in [0.05, 0.1) is 11.4 Å². The fraction of sp³-hybridized carbons (Fsp3) is 0.400. The normalized spacial score (nSPS) is 17.0. The number of aryl methyl sites for hydroxylation is 1. The number of hydrogen-bond acceptors (Lipinski definition) is 6. The summed E-state index contributed by atoms with van der Waals surface area (Å²) < 4.78 is 1.60. The summed E-state index contributed by atoms with van der Waals surface area (Å²) in [6, 6.07) is 7.31. The van der Waals surface area contributed by atoms with E-state index in [1.54, 1.807) is 16.8 Å². The minimum Gasteiger partial charge on any atom is -0.382 e. The maximum atomic E-state index is 12.3. The van der Waals surface area contributed by atoms with Gasteiger partial charge in [0.1, 0.15) is 0 Å². The average molecular weight is 314 g/mol. The van der Waals surface area contributed by atoms with Gasteiger partial charge in [-0.15, -0.1) is 5.10 Å². The first kappa shape index (κ1) is 15.1. The summed E-state index contributed by atoms with van der Waals surface area (Å²) in [7, 11) is 0. The number of benzene rings is 1. The van der Waals surface area contributed by atoms with E-state index in [1.807, 2.05) is 32.9 Å². The van der Waals surface area contributed by atoms with Gasteiger partial charge in [-0.3, -0.25) is 4.79 Å². The molecule has 120 valence electrons. The van der Waals surface area contributed by atoms with E-state index in [4.69, 9.17) is 4.84 Å². The van der Waals surface area contributed by atoms with E-state index in [2.05, 4.69) is 26.0 Å². The van der Waals surface area contributed by atoms with Crippen molar-refractivity contribution in [3.63, 3.8) is 0 Å². The van der Waals surface area contributed by atoms with Crippen molar-refractivity contribution in [2.24, 2.45) is 11.1 Å². The summed E-state index contributed by atoms with van der Waals surface area (Å²) in [6.45, 7) is 5.86. The molecule has 0 spiro atoms. The Balaban J connectivity index is 1.69.